The molecule has 0 atom stereocenters. The van der Waals surface area contributed by atoms with Crippen LogP contribution in [-0.4, -0.2) is 27.6 Å². The van der Waals surface area contributed by atoms with Gasteiger partial charge in [-0.1, -0.05) is 42.1 Å². The molecule has 0 amide bonds. The highest BCUT2D eigenvalue weighted by Gasteiger charge is 2.16. The molecule has 0 aliphatic carbocycles. The minimum absolute atomic E-state index is 0.598. The second-order valence-corrected chi connectivity index (χ2v) is 6.73. The summed E-state index contributed by atoms with van der Waals surface area (Å²) in [7, 11) is 1.66. The molecule has 0 N–H and O–H groups in total. The van der Waals surface area contributed by atoms with Crippen LogP contribution in [0.15, 0.2) is 59.8 Å². The molecule has 3 rings (SSSR count). The molecule has 5 nitrogen and oxygen atoms in total. The predicted molar refractivity (Wildman–Crippen MR) is 104 cm³/mol. The van der Waals surface area contributed by atoms with E-state index < -0.39 is 0 Å². The third kappa shape index (κ3) is 4.24. The fraction of sp³-hybridized carbons (Fsp3) is 0.250. The lowest BCUT2D eigenvalue weighted by Gasteiger charge is -2.11. The van der Waals surface area contributed by atoms with Gasteiger partial charge in [-0.05, 0) is 37.1 Å². The molecular formula is C20H20N4OS. The molecule has 6 heteroatoms. The number of methoxy groups -OCH3 is 1. The highest BCUT2D eigenvalue weighted by molar-refractivity contribution is 7.99. The third-order valence-electron chi connectivity index (χ3n) is 3.89. The SMILES string of the molecule is COc1cccc(-c2nnc(SCCCCC#N)n2-c2ccccc2)c1. The van der Waals surface area contributed by atoms with Crippen molar-refractivity contribution in [2.75, 3.05) is 12.9 Å². The molecule has 0 unspecified atom stereocenters. The van der Waals surface area contributed by atoms with Crippen LogP contribution in [0, 0.1) is 11.3 Å². The summed E-state index contributed by atoms with van der Waals surface area (Å²) in [5.41, 5.74) is 1.98. The van der Waals surface area contributed by atoms with Crippen LogP contribution < -0.4 is 4.74 Å². The first-order chi connectivity index (χ1) is 12.8. The first-order valence-corrected chi connectivity index (χ1v) is 9.47. The smallest absolute Gasteiger partial charge is 0.196 e. The van der Waals surface area contributed by atoms with Gasteiger partial charge in [-0.2, -0.15) is 5.26 Å². The van der Waals surface area contributed by atoms with E-state index in [0.29, 0.717) is 6.42 Å². The second-order valence-electron chi connectivity index (χ2n) is 5.67. The van der Waals surface area contributed by atoms with E-state index >= 15 is 0 Å². The van der Waals surface area contributed by atoms with Crippen LogP contribution in [0.25, 0.3) is 17.1 Å². The van der Waals surface area contributed by atoms with Gasteiger partial charge in [0.2, 0.25) is 0 Å². The average Bonchev–Trinajstić information content (AvgIpc) is 3.12. The van der Waals surface area contributed by atoms with Crippen molar-refractivity contribution in [1.82, 2.24) is 14.8 Å². The fourth-order valence-electron chi connectivity index (χ4n) is 2.59. The largest absolute Gasteiger partial charge is 0.497 e. The summed E-state index contributed by atoms with van der Waals surface area (Å²) in [4.78, 5) is 0. The number of unbranched alkanes of at least 4 members (excludes halogenated alkanes) is 2. The second kappa shape index (κ2) is 9.07. The van der Waals surface area contributed by atoms with Gasteiger partial charge in [-0.25, -0.2) is 0 Å². The quantitative estimate of drug-likeness (QED) is 0.427. The molecule has 0 radical (unpaired) electrons. The van der Waals surface area contributed by atoms with Crippen molar-refractivity contribution in [1.29, 1.82) is 5.26 Å². The van der Waals surface area contributed by atoms with E-state index in [-0.39, 0.29) is 0 Å². The molecule has 0 saturated heterocycles. The molecule has 3 aromatic rings. The van der Waals surface area contributed by atoms with Crippen LogP contribution >= 0.6 is 11.8 Å². The number of aromatic nitrogens is 3. The molecule has 2 aromatic carbocycles. The summed E-state index contributed by atoms with van der Waals surface area (Å²) in [6.45, 7) is 0. The van der Waals surface area contributed by atoms with Crippen LogP contribution in [0.3, 0.4) is 0 Å². The summed E-state index contributed by atoms with van der Waals surface area (Å²) in [6, 6.07) is 20.1. The Morgan fingerprint density at radius 1 is 1.08 bits per heavy atom. The third-order valence-corrected chi connectivity index (χ3v) is 4.90. The molecule has 0 saturated carbocycles. The number of nitriles is 1. The van der Waals surface area contributed by atoms with Gasteiger partial charge in [0.25, 0.3) is 0 Å². The minimum Gasteiger partial charge on any atom is -0.497 e. The Bertz CT molecular complexity index is 886. The zero-order valence-corrected chi connectivity index (χ0v) is 15.4. The molecule has 0 bridgehead atoms. The summed E-state index contributed by atoms with van der Waals surface area (Å²) < 4.78 is 7.42. The molecule has 0 spiro atoms. The monoisotopic (exact) mass is 364 g/mol. The average molecular weight is 364 g/mol. The van der Waals surface area contributed by atoms with Crippen LogP contribution in [0.2, 0.25) is 0 Å². The zero-order valence-electron chi connectivity index (χ0n) is 14.6. The normalized spacial score (nSPS) is 10.5. The summed E-state index contributed by atoms with van der Waals surface area (Å²) >= 11 is 1.67. The van der Waals surface area contributed by atoms with Gasteiger partial charge >= 0.3 is 0 Å². The lowest BCUT2D eigenvalue weighted by Crippen LogP contribution is -2.00. The number of benzene rings is 2. The number of para-hydroxylation sites is 1. The topological polar surface area (TPSA) is 63.7 Å². The first-order valence-electron chi connectivity index (χ1n) is 8.48. The Morgan fingerprint density at radius 2 is 1.92 bits per heavy atom. The van der Waals surface area contributed by atoms with Gasteiger partial charge in [-0.3, -0.25) is 4.57 Å². The van der Waals surface area contributed by atoms with Gasteiger partial charge in [-0.15, -0.1) is 10.2 Å². The van der Waals surface area contributed by atoms with Gasteiger partial charge in [0.15, 0.2) is 11.0 Å². The number of hydrogen-bond acceptors (Lipinski definition) is 5. The Morgan fingerprint density at radius 3 is 2.69 bits per heavy atom. The number of ether oxygens (including phenoxy) is 1. The van der Waals surface area contributed by atoms with Crippen molar-refractivity contribution >= 4 is 11.8 Å². The van der Waals surface area contributed by atoms with Crippen molar-refractivity contribution in [2.24, 2.45) is 0 Å². The van der Waals surface area contributed by atoms with Gasteiger partial charge < -0.3 is 4.74 Å². The Kier molecular flexibility index (Phi) is 6.29. The maximum atomic E-state index is 8.65. The van der Waals surface area contributed by atoms with E-state index in [4.69, 9.17) is 10.00 Å². The number of nitrogens with zero attached hydrogens (tertiary/aromatic N) is 4. The zero-order chi connectivity index (χ0) is 18.2. The van der Waals surface area contributed by atoms with Crippen LogP contribution in [-0.2, 0) is 0 Å². The molecule has 1 aromatic heterocycles. The van der Waals surface area contributed by atoms with Crippen molar-refractivity contribution in [3.63, 3.8) is 0 Å². The van der Waals surface area contributed by atoms with Gasteiger partial charge in [0, 0.05) is 23.4 Å². The molecular weight excluding hydrogens is 344 g/mol. The highest BCUT2D eigenvalue weighted by Crippen LogP contribution is 2.30. The molecule has 132 valence electrons. The van der Waals surface area contributed by atoms with E-state index in [0.717, 1.165) is 46.6 Å². The Hall–Kier alpha value is -2.78. The maximum absolute atomic E-state index is 8.65. The van der Waals surface area contributed by atoms with E-state index in [9.17, 15) is 0 Å². The first kappa shape index (κ1) is 18.0. The van der Waals surface area contributed by atoms with Crippen LogP contribution in [0.4, 0.5) is 0 Å². The maximum Gasteiger partial charge on any atom is 0.196 e. The summed E-state index contributed by atoms with van der Waals surface area (Å²) in [6.07, 6.45) is 2.49. The highest BCUT2D eigenvalue weighted by atomic mass is 32.2. The molecule has 0 aliphatic heterocycles. The van der Waals surface area contributed by atoms with Crippen molar-refractivity contribution < 1.29 is 4.74 Å². The number of hydrogen-bond donors (Lipinski definition) is 0. The van der Waals surface area contributed by atoms with E-state index in [1.807, 2.05) is 54.6 Å². The van der Waals surface area contributed by atoms with Crippen molar-refractivity contribution in [3.8, 4) is 28.9 Å². The lowest BCUT2D eigenvalue weighted by atomic mass is 10.2. The molecule has 1 heterocycles. The van der Waals surface area contributed by atoms with E-state index in [1.54, 1.807) is 18.9 Å². The van der Waals surface area contributed by atoms with Crippen LogP contribution in [0.1, 0.15) is 19.3 Å². The standard InChI is InChI=1S/C20H20N4OS/c1-25-18-12-8-9-16(15-18)19-22-23-20(26-14-7-3-6-13-21)24(19)17-10-4-2-5-11-17/h2,4-5,8-12,15H,3,6-7,14H2,1H3. The number of rotatable bonds is 8. The van der Waals surface area contributed by atoms with Crippen molar-refractivity contribution in [3.05, 3.63) is 54.6 Å². The predicted octanol–water partition coefficient (Wildman–Crippen LogP) is 4.73. The summed E-state index contributed by atoms with van der Waals surface area (Å²) in [5.74, 6) is 2.48. The molecule has 0 aliphatic rings. The Labute approximate surface area is 157 Å². The fourth-order valence-corrected chi connectivity index (χ4v) is 3.54. The minimum atomic E-state index is 0.598. The van der Waals surface area contributed by atoms with Gasteiger partial charge in [0.1, 0.15) is 5.75 Å². The van der Waals surface area contributed by atoms with E-state index in [2.05, 4.69) is 20.8 Å². The summed E-state index contributed by atoms with van der Waals surface area (Å²) in [5, 5.41) is 18.4. The van der Waals surface area contributed by atoms with Gasteiger partial charge in [0.05, 0.1) is 13.2 Å². The molecule has 0 fully saturated rings. The number of thioether (sulfide) groups is 1. The van der Waals surface area contributed by atoms with Crippen LogP contribution in [0.5, 0.6) is 5.75 Å². The van der Waals surface area contributed by atoms with E-state index in [1.165, 1.54) is 0 Å². The Balaban J connectivity index is 1.93. The lowest BCUT2D eigenvalue weighted by molar-refractivity contribution is 0.415. The van der Waals surface area contributed by atoms with Crippen molar-refractivity contribution in [2.45, 2.75) is 24.4 Å². The molecule has 26 heavy (non-hydrogen) atoms.